The Morgan fingerprint density at radius 3 is 2.48 bits per heavy atom. The Balaban J connectivity index is 2.19. The van der Waals surface area contributed by atoms with Gasteiger partial charge < -0.3 is 5.73 Å². The van der Waals surface area contributed by atoms with Gasteiger partial charge in [0, 0.05) is 18.7 Å². The van der Waals surface area contributed by atoms with Crippen LogP contribution in [0.4, 0.5) is 0 Å². The molecule has 0 bridgehead atoms. The van der Waals surface area contributed by atoms with Crippen LogP contribution in [0.5, 0.6) is 0 Å². The summed E-state index contributed by atoms with van der Waals surface area (Å²) in [7, 11) is -3.40. The SMILES string of the molecule is CCCN(CC1CC1)S(=O)(=O)c1ccc(C#CCN)cc1. The molecule has 0 heterocycles. The molecular formula is C16H22N2O2S. The maximum atomic E-state index is 12.7. The zero-order chi connectivity index (χ0) is 15.3. The third kappa shape index (κ3) is 4.31. The third-order valence-corrected chi connectivity index (χ3v) is 5.34. The molecule has 0 spiro atoms. The van der Waals surface area contributed by atoms with Gasteiger partial charge in [-0.25, -0.2) is 8.42 Å². The van der Waals surface area contributed by atoms with Crippen LogP contribution in [-0.2, 0) is 10.0 Å². The van der Waals surface area contributed by atoms with Crippen molar-refractivity contribution in [2.75, 3.05) is 19.6 Å². The van der Waals surface area contributed by atoms with E-state index in [1.165, 1.54) is 0 Å². The van der Waals surface area contributed by atoms with Crippen molar-refractivity contribution in [1.82, 2.24) is 4.31 Å². The highest BCUT2D eigenvalue weighted by atomic mass is 32.2. The summed E-state index contributed by atoms with van der Waals surface area (Å²) in [6.45, 7) is 3.52. The molecule has 0 saturated heterocycles. The standard InChI is InChI=1S/C16H22N2O2S/c1-2-12-18(13-15-5-6-15)21(19,20)16-9-7-14(8-10-16)4-3-11-17/h7-10,15H,2,5-6,11-13,17H2,1H3. The molecule has 0 amide bonds. The lowest BCUT2D eigenvalue weighted by Crippen LogP contribution is -2.33. The molecule has 1 aliphatic rings. The van der Waals surface area contributed by atoms with Crippen molar-refractivity contribution in [2.24, 2.45) is 11.7 Å². The summed E-state index contributed by atoms with van der Waals surface area (Å²) < 4.78 is 27.0. The molecule has 21 heavy (non-hydrogen) atoms. The van der Waals surface area contributed by atoms with E-state index in [2.05, 4.69) is 11.8 Å². The molecular weight excluding hydrogens is 284 g/mol. The van der Waals surface area contributed by atoms with Crippen LogP contribution in [0.15, 0.2) is 29.2 Å². The van der Waals surface area contributed by atoms with E-state index < -0.39 is 10.0 Å². The van der Waals surface area contributed by atoms with E-state index in [4.69, 9.17) is 5.73 Å². The first-order valence-electron chi connectivity index (χ1n) is 7.37. The summed E-state index contributed by atoms with van der Waals surface area (Å²) in [5.74, 6) is 6.20. The summed E-state index contributed by atoms with van der Waals surface area (Å²) in [5, 5.41) is 0. The monoisotopic (exact) mass is 306 g/mol. The Bertz CT molecular complexity index is 622. The average Bonchev–Trinajstić information content (AvgIpc) is 3.29. The molecule has 4 nitrogen and oxygen atoms in total. The number of benzene rings is 1. The zero-order valence-corrected chi connectivity index (χ0v) is 13.2. The van der Waals surface area contributed by atoms with Crippen LogP contribution in [0.2, 0.25) is 0 Å². The summed E-state index contributed by atoms with van der Waals surface area (Å²) in [4.78, 5) is 0.342. The first-order chi connectivity index (χ1) is 10.1. The minimum absolute atomic E-state index is 0.297. The summed E-state index contributed by atoms with van der Waals surface area (Å²) in [6.07, 6.45) is 3.11. The van der Waals surface area contributed by atoms with E-state index in [0.717, 1.165) is 24.8 Å². The Morgan fingerprint density at radius 2 is 1.95 bits per heavy atom. The lowest BCUT2D eigenvalue weighted by atomic mass is 10.2. The molecule has 2 rings (SSSR count). The van der Waals surface area contributed by atoms with Gasteiger partial charge in [-0.1, -0.05) is 18.8 Å². The summed E-state index contributed by atoms with van der Waals surface area (Å²) >= 11 is 0. The zero-order valence-electron chi connectivity index (χ0n) is 12.4. The van der Waals surface area contributed by atoms with E-state index in [-0.39, 0.29) is 0 Å². The summed E-state index contributed by atoms with van der Waals surface area (Å²) in [5.41, 5.74) is 6.11. The fraction of sp³-hybridized carbons (Fsp3) is 0.500. The Labute approximate surface area is 127 Å². The molecule has 5 heteroatoms. The molecule has 2 N–H and O–H groups in total. The van der Waals surface area contributed by atoms with Crippen LogP contribution in [0.3, 0.4) is 0 Å². The predicted molar refractivity (Wildman–Crippen MR) is 84.1 cm³/mol. The van der Waals surface area contributed by atoms with Gasteiger partial charge in [0.15, 0.2) is 0 Å². The van der Waals surface area contributed by atoms with Crippen molar-refractivity contribution >= 4 is 10.0 Å². The molecule has 1 aromatic rings. The van der Waals surface area contributed by atoms with Crippen molar-refractivity contribution in [1.29, 1.82) is 0 Å². The molecule has 1 saturated carbocycles. The minimum Gasteiger partial charge on any atom is -0.320 e. The number of nitrogens with zero attached hydrogens (tertiary/aromatic N) is 1. The van der Waals surface area contributed by atoms with Crippen LogP contribution in [0.25, 0.3) is 0 Å². The van der Waals surface area contributed by atoms with Gasteiger partial charge in [0.2, 0.25) is 10.0 Å². The quantitative estimate of drug-likeness (QED) is 0.815. The van der Waals surface area contributed by atoms with Crippen LogP contribution in [-0.4, -0.2) is 32.4 Å². The number of sulfonamides is 1. The van der Waals surface area contributed by atoms with Crippen LogP contribution in [0, 0.1) is 17.8 Å². The number of hydrogen-bond donors (Lipinski definition) is 1. The topological polar surface area (TPSA) is 63.4 Å². The molecule has 0 radical (unpaired) electrons. The fourth-order valence-electron chi connectivity index (χ4n) is 2.16. The van der Waals surface area contributed by atoms with Crippen molar-refractivity contribution < 1.29 is 8.42 Å². The summed E-state index contributed by atoms with van der Waals surface area (Å²) in [6, 6.07) is 6.73. The van der Waals surface area contributed by atoms with Crippen molar-refractivity contribution in [3.05, 3.63) is 29.8 Å². The smallest absolute Gasteiger partial charge is 0.243 e. The van der Waals surface area contributed by atoms with Gasteiger partial charge in [-0.15, -0.1) is 0 Å². The molecule has 0 aromatic heterocycles. The highest BCUT2D eigenvalue weighted by Gasteiger charge is 2.31. The first-order valence-corrected chi connectivity index (χ1v) is 8.81. The minimum atomic E-state index is -3.40. The second-order valence-electron chi connectivity index (χ2n) is 5.34. The Hall–Kier alpha value is -1.35. The highest BCUT2D eigenvalue weighted by molar-refractivity contribution is 7.89. The second-order valence-corrected chi connectivity index (χ2v) is 7.27. The second kappa shape index (κ2) is 7.08. The van der Waals surface area contributed by atoms with Crippen molar-refractivity contribution in [2.45, 2.75) is 31.1 Å². The molecule has 0 unspecified atom stereocenters. The third-order valence-electron chi connectivity index (χ3n) is 3.46. The average molecular weight is 306 g/mol. The fourth-order valence-corrected chi connectivity index (χ4v) is 3.77. The molecule has 1 aromatic carbocycles. The van der Waals surface area contributed by atoms with Gasteiger partial charge in [0.1, 0.15) is 0 Å². The van der Waals surface area contributed by atoms with E-state index >= 15 is 0 Å². The molecule has 0 aliphatic heterocycles. The van der Waals surface area contributed by atoms with Gasteiger partial charge in [-0.2, -0.15) is 4.31 Å². The van der Waals surface area contributed by atoms with E-state index in [9.17, 15) is 8.42 Å². The van der Waals surface area contributed by atoms with Crippen LogP contribution < -0.4 is 5.73 Å². The molecule has 1 aliphatic carbocycles. The van der Waals surface area contributed by atoms with E-state index in [0.29, 0.717) is 30.4 Å². The molecule has 0 atom stereocenters. The number of nitrogens with two attached hydrogens (primary N) is 1. The maximum absolute atomic E-state index is 12.7. The lowest BCUT2D eigenvalue weighted by molar-refractivity contribution is 0.395. The van der Waals surface area contributed by atoms with E-state index in [1.54, 1.807) is 28.6 Å². The van der Waals surface area contributed by atoms with Gasteiger partial charge in [0.25, 0.3) is 0 Å². The van der Waals surface area contributed by atoms with Gasteiger partial charge in [0.05, 0.1) is 11.4 Å². The largest absolute Gasteiger partial charge is 0.320 e. The highest BCUT2D eigenvalue weighted by Crippen LogP contribution is 2.31. The van der Waals surface area contributed by atoms with Crippen LogP contribution in [0.1, 0.15) is 31.7 Å². The maximum Gasteiger partial charge on any atom is 0.243 e. The Kier molecular flexibility index (Phi) is 5.40. The van der Waals surface area contributed by atoms with Gasteiger partial charge >= 0.3 is 0 Å². The van der Waals surface area contributed by atoms with Crippen molar-refractivity contribution in [3.8, 4) is 11.8 Å². The number of hydrogen-bond acceptors (Lipinski definition) is 3. The van der Waals surface area contributed by atoms with Gasteiger partial charge in [-0.3, -0.25) is 0 Å². The van der Waals surface area contributed by atoms with Gasteiger partial charge in [-0.05, 0) is 49.4 Å². The van der Waals surface area contributed by atoms with E-state index in [1.807, 2.05) is 6.92 Å². The van der Waals surface area contributed by atoms with Crippen LogP contribution >= 0.6 is 0 Å². The first kappa shape index (κ1) is 16.0. The molecule has 1 fully saturated rings. The normalized spacial score (nSPS) is 14.8. The number of rotatable bonds is 6. The van der Waals surface area contributed by atoms with Crippen molar-refractivity contribution in [3.63, 3.8) is 0 Å². The predicted octanol–water partition coefficient (Wildman–Crippen LogP) is 1.81. The lowest BCUT2D eigenvalue weighted by Gasteiger charge is -2.21. The Morgan fingerprint density at radius 1 is 1.29 bits per heavy atom. The molecule has 114 valence electrons.